The van der Waals surface area contributed by atoms with Crippen molar-refractivity contribution in [2.45, 2.75) is 45.5 Å². The fourth-order valence-electron chi connectivity index (χ4n) is 1.61. The summed E-state index contributed by atoms with van der Waals surface area (Å²) >= 11 is 0. The van der Waals surface area contributed by atoms with Crippen molar-refractivity contribution < 1.29 is 28.6 Å². The van der Waals surface area contributed by atoms with Gasteiger partial charge in [0.2, 0.25) is 0 Å². The van der Waals surface area contributed by atoms with Crippen LogP contribution in [0.4, 0.5) is 0 Å². The van der Waals surface area contributed by atoms with E-state index in [0.29, 0.717) is 0 Å². The lowest BCUT2D eigenvalue weighted by Crippen LogP contribution is -2.37. The van der Waals surface area contributed by atoms with Crippen LogP contribution in [-0.4, -0.2) is 36.2 Å². The lowest BCUT2D eigenvalue weighted by Gasteiger charge is -2.22. The number of hydrogen-bond acceptors (Lipinski definition) is 6. The Kier molecular flexibility index (Phi) is 3.87. The van der Waals surface area contributed by atoms with Gasteiger partial charge in [-0.2, -0.15) is 0 Å². The average Bonchev–Trinajstić information content (AvgIpc) is 2.44. The quantitative estimate of drug-likeness (QED) is 0.508. The van der Waals surface area contributed by atoms with E-state index in [0.717, 1.165) is 0 Å². The van der Waals surface area contributed by atoms with E-state index in [2.05, 4.69) is 0 Å². The zero-order valence-electron chi connectivity index (χ0n) is 9.39. The summed E-state index contributed by atoms with van der Waals surface area (Å²) < 4.78 is 14.8. The second-order valence-corrected chi connectivity index (χ2v) is 3.62. The van der Waals surface area contributed by atoms with Crippen molar-refractivity contribution in [3.63, 3.8) is 0 Å². The molecule has 1 aliphatic rings. The third kappa shape index (κ3) is 3.22. The lowest BCUT2D eigenvalue weighted by molar-refractivity contribution is -0.166. The Labute approximate surface area is 92.8 Å². The molecule has 3 atom stereocenters. The van der Waals surface area contributed by atoms with Crippen LogP contribution in [0.25, 0.3) is 0 Å². The van der Waals surface area contributed by atoms with Crippen LogP contribution in [0, 0.1) is 0 Å². The van der Waals surface area contributed by atoms with Gasteiger partial charge in [0.05, 0.1) is 6.42 Å². The standard InChI is InChI=1S/C10H14O6/c1-5(14-6(2)11)10-8(15-7(3)12)4-9(13)16-10/h5,8,10H,4H2,1-3H3/t5-,8-,10+/m1/s1. The Morgan fingerprint density at radius 2 is 2.00 bits per heavy atom. The molecule has 1 aliphatic heterocycles. The van der Waals surface area contributed by atoms with Gasteiger partial charge in [0, 0.05) is 13.8 Å². The van der Waals surface area contributed by atoms with Gasteiger partial charge in [-0.1, -0.05) is 0 Å². The van der Waals surface area contributed by atoms with E-state index in [-0.39, 0.29) is 6.42 Å². The predicted molar refractivity (Wildman–Crippen MR) is 51.3 cm³/mol. The molecule has 0 amide bonds. The van der Waals surface area contributed by atoms with Gasteiger partial charge in [-0.25, -0.2) is 0 Å². The van der Waals surface area contributed by atoms with E-state index in [1.54, 1.807) is 6.92 Å². The summed E-state index contributed by atoms with van der Waals surface area (Å²) in [4.78, 5) is 32.6. The van der Waals surface area contributed by atoms with Crippen LogP contribution in [-0.2, 0) is 28.6 Å². The minimum Gasteiger partial charge on any atom is -0.459 e. The Morgan fingerprint density at radius 3 is 2.50 bits per heavy atom. The molecular weight excluding hydrogens is 216 g/mol. The molecule has 16 heavy (non-hydrogen) atoms. The number of carbonyl (C=O) groups is 3. The zero-order valence-corrected chi connectivity index (χ0v) is 9.39. The third-order valence-electron chi connectivity index (χ3n) is 2.13. The maximum absolute atomic E-state index is 11.1. The minimum absolute atomic E-state index is 0.00412. The smallest absolute Gasteiger partial charge is 0.310 e. The van der Waals surface area contributed by atoms with Crippen molar-refractivity contribution in [3.8, 4) is 0 Å². The SMILES string of the molecule is CC(=O)O[C@H](C)[C@@H]1OC(=O)C[C@H]1OC(C)=O. The summed E-state index contributed by atoms with van der Waals surface area (Å²) in [5, 5.41) is 0. The van der Waals surface area contributed by atoms with Gasteiger partial charge < -0.3 is 14.2 Å². The number of ether oxygens (including phenoxy) is 3. The summed E-state index contributed by atoms with van der Waals surface area (Å²) in [7, 11) is 0. The summed E-state index contributed by atoms with van der Waals surface area (Å²) in [6, 6.07) is 0. The molecule has 1 heterocycles. The van der Waals surface area contributed by atoms with Gasteiger partial charge >= 0.3 is 17.9 Å². The summed E-state index contributed by atoms with van der Waals surface area (Å²) in [5.41, 5.74) is 0. The van der Waals surface area contributed by atoms with Crippen molar-refractivity contribution in [2.24, 2.45) is 0 Å². The molecule has 0 saturated carbocycles. The second kappa shape index (κ2) is 4.96. The van der Waals surface area contributed by atoms with Crippen molar-refractivity contribution >= 4 is 17.9 Å². The topological polar surface area (TPSA) is 78.9 Å². The van der Waals surface area contributed by atoms with Crippen molar-refractivity contribution in [2.75, 3.05) is 0 Å². The number of carbonyl (C=O) groups excluding carboxylic acids is 3. The highest BCUT2D eigenvalue weighted by Gasteiger charge is 2.42. The molecule has 6 nitrogen and oxygen atoms in total. The van der Waals surface area contributed by atoms with Gasteiger partial charge in [0.15, 0.2) is 12.2 Å². The maximum atomic E-state index is 11.1. The second-order valence-electron chi connectivity index (χ2n) is 3.62. The van der Waals surface area contributed by atoms with Crippen LogP contribution in [0.1, 0.15) is 27.2 Å². The molecule has 0 radical (unpaired) electrons. The Morgan fingerprint density at radius 1 is 1.38 bits per heavy atom. The zero-order chi connectivity index (χ0) is 12.3. The van der Waals surface area contributed by atoms with E-state index >= 15 is 0 Å². The van der Waals surface area contributed by atoms with Gasteiger partial charge in [0.25, 0.3) is 0 Å². The number of hydrogen-bond donors (Lipinski definition) is 0. The van der Waals surface area contributed by atoms with Gasteiger partial charge in [0.1, 0.15) is 6.10 Å². The van der Waals surface area contributed by atoms with Crippen molar-refractivity contribution in [1.29, 1.82) is 0 Å². The molecule has 0 spiro atoms. The minimum atomic E-state index is -0.722. The molecule has 0 aromatic rings. The van der Waals surface area contributed by atoms with Crippen LogP contribution in [0.5, 0.6) is 0 Å². The van der Waals surface area contributed by atoms with Gasteiger partial charge in [-0.05, 0) is 6.92 Å². The molecule has 0 unspecified atom stereocenters. The molecule has 90 valence electrons. The highest BCUT2D eigenvalue weighted by atomic mass is 16.6. The van der Waals surface area contributed by atoms with E-state index in [1.807, 2.05) is 0 Å². The number of rotatable bonds is 3. The lowest BCUT2D eigenvalue weighted by atomic mass is 10.1. The average molecular weight is 230 g/mol. The van der Waals surface area contributed by atoms with E-state index in [9.17, 15) is 14.4 Å². The Hall–Kier alpha value is -1.59. The Balaban J connectivity index is 2.64. The molecular formula is C10H14O6. The van der Waals surface area contributed by atoms with Crippen LogP contribution in [0.3, 0.4) is 0 Å². The highest BCUT2D eigenvalue weighted by Crippen LogP contribution is 2.23. The van der Waals surface area contributed by atoms with Crippen LogP contribution >= 0.6 is 0 Å². The first-order valence-electron chi connectivity index (χ1n) is 4.94. The molecule has 0 N–H and O–H groups in total. The van der Waals surface area contributed by atoms with E-state index in [1.165, 1.54) is 13.8 Å². The molecule has 1 rings (SSSR count). The molecule has 1 saturated heterocycles. The molecule has 1 fully saturated rings. The first-order chi connectivity index (χ1) is 7.40. The fourth-order valence-corrected chi connectivity index (χ4v) is 1.61. The van der Waals surface area contributed by atoms with E-state index in [4.69, 9.17) is 14.2 Å². The predicted octanol–water partition coefficient (Wildman–Crippen LogP) is 0.185. The monoisotopic (exact) mass is 230 g/mol. The molecule has 0 aromatic carbocycles. The number of cyclic esters (lactones) is 1. The van der Waals surface area contributed by atoms with Gasteiger partial charge in [-0.3, -0.25) is 14.4 Å². The van der Waals surface area contributed by atoms with Crippen LogP contribution in [0.2, 0.25) is 0 Å². The molecule has 0 aromatic heterocycles. The third-order valence-corrected chi connectivity index (χ3v) is 2.13. The van der Waals surface area contributed by atoms with Gasteiger partial charge in [-0.15, -0.1) is 0 Å². The Bertz CT molecular complexity index is 310. The molecule has 0 bridgehead atoms. The van der Waals surface area contributed by atoms with Crippen molar-refractivity contribution in [1.82, 2.24) is 0 Å². The largest absolute Gasteiger partial charge is 0.459 e. The normalized spacial score (nSPS) is 25.8. The summed E-state index contributed by atoms with van der Waals surface area (Å²) in [6.45, 7) is 4.09. The van der Waals surface area contributed by atoms with Crippen LogP contribution < -0.4 is 0 Å². The maximum Gasteiger partial charge on any atom is 0.310 e. The molecule has 6 heteroatoms. The summed E-state index contributed by atoms with van der Waals surface area (Å²) in [6.07, 6.45) is -2.04. The summed E-state index contributed by atoms with van der Waals surface area (Å²) in [5.74, 6) is -1.43. The molecule has 0 aliphatic carbocycles. The first kappa shape index (κ1) is 12.5. The van der Waals surface area contributed by atoms with E-state index < -0.39 is 36.2 Å². The number of esters is 3. The van der Waals surface area contributed by atoms with Crippen molar-refractivity contribution in [3.05, 3.63) is 0 Å². The highest BCUT2D eigenvalue weighted by molar-refractivity contribution is 5.74. The van der Waals surface area contributed by atoms with Crippen LogP contribution in [0.15, 0.2) is 0 Å². The first-order valence-corrected chi connectivity index (χ1v) is 4.94. The fraction of sp³-hybridized carbons (Fsp3) is 0.700.